The number of H-pyrrole nitrogens is 1. The summed E-state index contributed by atoms with van der Waals surface area (Å²) in [7, 11) is 3.10. The maximum atomic E-state index is 11.5. The second-order valence-corrected chi connectivity index (χ2v) is 4.07. The summed E-state index contributed by atoms with van der Waals surface area (Å²) in [5.74, 6) is 1.19. The quantitative estimate of drug-likeness (QED) is 0.676. The van der Waals surface area contributed by atoms with E-state index in [1.165, 1.54) is 6.21 Å². The molecule has 1 aromatic heterocycles. The normalized spacial score (nSPS) is 10.7. The number of hydrogen-bond donors (Lipinski definition) is 1. The molecular weight excluding hydrogens is 280 g/mol. The van der Waals surface area contributed by atoms with Gasteiger partial charge in [0.1, 0.15) is 6.20 Å². The first-order chi connectivity index (χ1) is 9.65. The molecule has 20 heavy (non-hydrogen) atoms. The number of methoxy groups -OCH3 is 2. The topological polar surface area (TPSA) is 81.5 Å². The molecule has 1 N–H and O–H groups in total. The molecule has 7 nitrogen and oxygen atoms in total. The molecule has 1 aromatic carbocycles. The molecule has 0 bridgehead atoms. The Kier molecular flexibility index (Phi) is 4.26. The largest absolute Gasteiger partial charge is 0.493 e. The molecule has 0 aliphatic rings. The summed E-state index contributed by atoms with van der Waals surface area (Å²) in [6, 6.07) is 5.27. The zero-order valence-corrected chi connectivity index (χ0v) is 11.7. The zero-order valence-electron chi connectivity index (χ0n) is 10.9. The van der Waals surface area contributed by atoms with Gasteiger partial charge in [0.2, 0.25) is 4.77 Å². The highest BCUT2D eigenvalue weighted by Crippen LogP contribution is 2.26. The smallest absolute Gasteiger partial charge is 0.293 e. The van der Waals surface area contributed by atoms with E-state index in [1.54, 1.807) is 32.4 Å². The van der Waals surface area contributed by atoms with E-state index < -0.39 is 5.56 Å². The van der Waals surface area contributed by atoms with Crippen LogP contribution in [0.3, 0.4) is 0 Å². The van der Waals surface area contributed by atoms with Crippen molar-refractivity contribution in [1.82, 2.24) is 14.9 Å². The van der Waals surface area contributed by atoms with Crippen molar-refractivity contribution in [3.8, 4) is 11.5 Å². The van der Waals surface area contributed by atoms with Gasteiger partial charge in [-0.25, -0.2) is 0 Å². The molecule has 2 rings (SSSR count). The van der Waals surface area contributed by atoms with Gasteiger partial charge >= 0.3 is 0 Å². The van der Waals surface area contributed by atoms with E-state index in [-0.39, 0.29) is 4.77 Å². The molecular formula is C12H12N4O3S. The van der Waals surface area contributed by atoms with Crippen LogP contribution in [0.2, 0.25) is 0 Å². The first-order valence-electron chi connectivity index (χ1n) is 5.59. The molecule has 0 saturated heterocycles. The lowest BCUT2D eigenvalue weighted by atomic mass is 10.2. The maximum absolute atomic E-state index is 11.5. The van der Waals surface area contributed by atoms with Crippen LogP contribution < -0.4 is 15.0 Å². The number of aromatic nitrogens is 3. The third kappa shape index (κ3) is 2.91. The predicted octanol–water partition coefficient (Wildman–Crippen LogP) is 1.20. The summed E-state index contributed by atoms with van der Waals surface area (Å²) in [4.78, 5) is 11.5. The maximum Gasteiger partial charge on any atom is 0.293 e. The number of nitrogens with zero attached hydrogens (tertiary/aromatic N) is 3. The summed E-state index contributed by atoms with van der Waals surface area (Å²) >= 11 is 4.93. The molecule has 0 spiro atoms. The Morgan fingerprint density at radius 2 is 2.10 bits per heavy atom. The average Bonchev–Trinajstić information content (AvgIpc) is 2.46. The van der Waals surface area contributed by atoms with Crippen LogP contribution >= 0.6 is 12.2 Å². The number of hydrogen-bond acceptors (Lipinski definition) is 6. The summed E-state index contributed by atoms with van der Waals surface area (Å²) in [6.45, 7) is 0. The lowest BCUT2D eigenvalue weighted by Gasteiger charge is -2.07. The van der Waals surface area contributed by atoms with E-state index in [0.717, 1.165) is 16.4 Å². The van der Waals surface area contributed by atoms with Crippen LogP contribution in [0, 0.1) is 4.77 Å². The number of aromatic amines is 1. The summed E-state index contributed by atoms with van der Waals surface area (Å²) < 4.78 is 11.5. The van der Waals surface area contributed by atoms with E-state index >= 15 is 0 Å². The van der Waals surface area contributed by atoms with Crippen LogP contribution in [0.25, 0.3) is 0 Å². The minimum absolute atomic E-state index is 0.120. The van der Waals surface area contributed by atoms with Crippen LogP contribution in [-0.2, 0) is 0 Å². The number of ether oxygens (including phenoxy) is 2. The number of rotatable bonds is 4. The second kappa shape index (κ2) is 6.11. The van der Waals surface area contributed by atoms with Crippen LogP contribution in [0.5, 0.6) is 11.5 Å². The molecule has 0 aliphatic heterocycles. The van der Waals surface area contributed by atoms with Crippen molar-refractivity contribution in [2.45, 2.75) is 0 Å². The van der Waals surface area contributed by atoms with Crippen molar-refractivity contribution < 1.29 is 9.47 Å². The molecule has 0 fully saturated rings. The molecule has 0 saturated carbocycles. The van der Waals surface area contributed by atoms with Crippen molar-refractivity contribution in [2.75, 3.05) is 14.2 Å². The Balaban J connectivity index is 2.37. The molecule has 0 aliphatic carbocycles. The lowest BCUT2D eigenvalue weighted by Crippen LogP contribution is -2.18. The van der Waals surface area contributed by atoms with Crippen molar-refractivity contribution in [3.05, 3.63) is 45.1 Å². The van der Waals surface area contributed by atoms with Crippen molar-refractivity contribution in [1.29, 1.82) is 0 Å². The predicted molar refractivity (Wildman–Crippen MR) is 76.2 cm³/mol. The van der Waals surface area contributed by atoms with Crippen LogP contribution in [-0.4, -0.2) is 35.3 Å². The highest BCUT2D eigenvalue weighted by molar-refractivity contribution is 7.71. The second-order valence-electron chi connectivity index (χ2n) is 3.68. The van der Waals surface area contributed by atoms with Gasteiger partial charge < -0.3 is 9.47 Å². The first-order valence-corrected chi connectivity index (χ1v) is 5.99. The van der Waals surface area contributed by atoms with Gasteiger partial charge in [-0.05, 0) is 36.0 Å². The summed E-state index contributed by atoms with van der Waals surface area (Å²) in [6.07, 6.45) is 2.59. The van der Waals surface area contributed by atoms with Gasteiger partial charge in [-0.1, -0.05) is 0 Å². The fourth-order valence-electron chi connectivity index (χ4n) is 1.51. The Bertz CT molecular complexity index is 723. The van der Waals surface area contributed by atoms with E-state index in [0.29, 0.717) is 11.5 Å². The standard InChI is InChI=1S/C12H12N4O3S/c1-18-9-4-3-8(5-10(9)19-2)6-14-16-11(17)7-13-15-12(16)20/h3-7H,1-2H3,(H,15,20)/b14-6-. The molecule has 0 amide bonds. The van der Waals surface area contributed by atoms with E-state index in [9.17, 15) is 4.79 Å². The summed E-state index contributed by atoms with van der Waals surface area (Å²) in [5.41, 5.74) is 0.325. The van der Waals surface area contributed by atoms with Crippen molar-refractivity contribution in [2.24, 2.45) is 5.10 Å². The Morgan fingerprint density at radius 3 is 2.75 bits per heavy atom. The van der Waals surface area contributed by atoms with E-state index in [4.69, 9.17) is 21.7 Å². The molecule has 104 valence electrons. The summed E-state index contributed by atoms with van der Waals surface area (Å²) in [5, 5.41) is 10.1. The fourth-order valence-corrected chi connectivity index (χ4v) is 1.70. The van der Waals surface area contributed by atoms with Crippen LogP contribution in [0.15, 0.2) is 34.3 Å². The highest BCUT2D eigenvalue weighted by atomic mass is 32.1. The molecule has 0 unspecified atom stereocenters. The molecule has 0 atom stereocenters. The lowest BCUT2D eigenvalue weighted by molar-refractivity contribution is 0.355. The van der Waals surface area contributed by atoms with E-state index in [1.807, 2.05) is 0 Å². The fraction of sp³-hybridized carbons (Fsp3) is 0.167. The van der Waals surface area contributed by atoms with Crippen LogP contribution in [0.4, 0.5) is 0 Å². The monoisotopic (exact) mass is 292 g/mol. The van der Waals surface area contributed by atoms with Gasteiger partial charge in [0.05, 0.1) is 20.4 Å². The van der Waals surface area contributed by atoms with E-state index in [2.05, 4.69) is 15.3 Å². The van der Waals surface area contributed by atoms with Gasteiger partial charge in [0.25, 0.3) is 5.56 Å². The van der Waals surface area contributed by atoms with Gasteiger partial charge in [-0.3, -0.25) is 9.89 Å². The van der Waals surface area contributed by atoms with Crippen molar-refractivity contribution >= 4 is 18.4 Å². The van der Waals surface area contributed by atoms with Gasteiger partial charge in [-0.2, -0.15) is 14.9 Å². The number of nitrogens with one attached hydrogen (secondary N) is 1. The van der Waals surface area contributed by atoms with Gasteiger partial charge in [0.15, 0.2) is 11.5 Å². The molecule has 1 heterocycles. The highest BCUT2D eigenvalue weighted by Gasteiger charge is 2.03. The van der Waals surface area contributed by atoms with Crippen LogP contribution in [0.1, 0.15) is 5.56 Å². The third-order valence-corrected chi connectivity index (χ3v) is 2.73. The Labute approximate surface area is 119 Å². The SMILES string of the molecule is COc1ccc(/C=N\n2c(=O)cn[nH]c2=S)cc1OC. The molecule has 0 radical (unpaired) electrons. The molecule has 8 heteroatoms. The minimum atomic E-state index is -0.412. The third-order valence-electron chi connectivity index (χ3n) is 2.47. The minimum Gasteiger partial charge on any atom is -0.493 e. The number of benzene rings is 1. The average molecular weight is 292 g/mol. The first kappa shape index (κ1) is 13.9. The Hall–Kier alpha value is -2.48. The Morgan fingerprint density at radius 1 is 1.35 bits per heavy atom. The van der Waals surface area contributed by atoms with Gasteiger partial charge in [-0.15, -0.1) is 0 Å². The zero-order chi connectivity index (χ0) is 14.5. The molecule has 2 aromatic rings. The van der Waals surface area contributed by atoms with Crippen molar-refractivity contribution in [3.63, 3.8) is 0 Å². The van der Waals surface area contributed by atoms with Gasteiger partial charge in [0, 0.05) is 0 Å².